The largest absolute Gasteiger partial charge is 0.450 e. The number of carbonyl (C=O) groups is 1. The minimum Gasteiger partial charge on any atom is -0.450 e. The van der Waals surface area contributed by atoms with Crippen molar-refractivity contribution in [2.75, 3.05) is 38.1 Å². The Morgan fingerprint density at radius 3 is 2.54 bits per heavy atom. The molecule has 2 N–H and O–H groups in total. The average Bonchev–Trinajstić information content (AvgIpc) is 3.31. The van der Waals surface area contributed by atoms with E-state index in [4.69, 9.17) is 4.74 Å². The van der Waals surface area contributed by atoms with Crippen molar-refractivity contribution in [1.29, 1.82) is 0 Å². The summed E-state index contributed by atoms with van der Waals surface area (Å²) in [6.07, 6.45) is 4.91. The van der Waals surface area contributed by atoms with Crippen LogP contribution in [0.1, 0.15) is 26.6 Å². The molecule has 1 aliphatic rings. The number of fused-ring (bicyclic) bond motifs is 1. The van der Waals surface area contributed by atoms with Crippen LogP contribution in [0.4, 0.5) is 10.7 Å². The van der Waals surface area contributed by atoms with Crippen LogP contribution >= 0.6 is 0 Å². The van der Waals surface area contributed by atoms with Gasteiger partial charge in [-0.1, -0.05) is 6.07 Å². The van der Waals surface area contributed by atoms with Crippen LogP contribution in [-0.4, -0.2) is 79.6 Å². The molecular weight excluding hydrogens is 468 g/mol. The molecule has 0 aliphatic carbocycles. The van der Waals surface area contributed by atoms with E-state index >= 15 is 0 Å². The lowest BCUT2D eigenvalue weighted by Crippen LogP contribution is -2.48. The van der Waals surface area contributed by atoms with E-state index in [0.29, 0.717) is 17.5 Å². The Bertz CT molecular complexity index is 1350. The third-order valence-corrected chi connectivity index (χ3v) is 6.57. The number of nitrogens with zero attached hydrogens (tertiary/aromatic N) is 6. The summed E-state index contributed by atoms with van der Waals surface area (Å²) in [5.41, 5.74) is 4.92. The summed E-state index contributed by atoms with van der Waals surface area (Å²) in [7, 11) is 0. The molecule has 0 unspecified atom stereocenters. The normalized spacial score (nSPS) is 14.8. The topological polar surface area (TPSA) is 112 Å². The van der Waals surface area contributed by atoms with E-state index in [9.17, 15) is 4.79 Å². The summed E-state index contributed by atoms with van der Waals surface area (Å²) in [6, 6.07) is 10.3. The van der Waals surface area contributed by atoms with Gasteiger partial charge >= 0.3 is 6.09 Å². The van der Waals surface area contributed by atoms with Gasteiger partial charge in [0.1, 0.15) is 5.82 Å². The number of rotatable bonds is 7. The van der Waals surface area contributed by atoms with E-state index in [0.717, 1.165) is 66.4 Å². The first-order valence-electron chi connectivity index (χ1n) is 12.7. The van der Waals surface area contributed by atoms with Crippen LogP contribution < -0.4 is 5.32 Å². The van der Waals surface area contributed by atoms with E-state index in [1.54, 1.807) is 13.1 Å². The van der Waals surface area contributed by atoms with E-state index in [-0.39, 0.29) is 6.61 Å². The fraction of sp³-hybridized carbons (Fsp3) is 0.370. The SMILES string of the molecule is CCOC(=O)Nc1nc2cc(-c3cnc(CN4CCN(C(C)C)CC4)nc3)cc(-c3ccccn3)c2[nH]1. The Morgan fingerprint density at radius 2 is 1.86 bits per heavy atom. The standard InChI is InChI=1S/C27H32N8O2/c1-4-37-27(36)33-26-31-23-14-19(13-21(25(23)32-26)22-7-5-6-8-28-22)20-15-29-24(30-16-20)17-34-9-11-35(12-10-34)18(2)3/h5-8,13-16,18H,4,9-12,17H2,1-3H3,(H2,31,32,33,36). The number of pyridine rings is 1. The third-order valence-electron chi connectivity index (χ3n) is 6.57. The molecule has 1 aromatic carbocycles. The van der Waals surface area contributed by atoms with Crippen LogP contribution in [0.25, 0.3) is 33.4 Å². The van der Waals surface area contributed by atoms with E-state index in [1.165, 1.54) is 0 Å². The molecule has 192 valence electrons. The molecule has 3 aromatic heterocycles. The summed E-state index contributed by atoms with van der Waals surface area (Å²) in [4.78, 5) is 38.5. The molecule has 0 spiro atoms. The van der Waals surface area contributed by atoms with Gasteiger partial charge in [0.25, 0.3) is 0 Å². The molecule has 10 heteroatoms. The summed E-state index contributed by atoms with van der Waals surface area (Å²) < 4.78 is 4.99. The second-order valence-electron chi connectivity index (χ2n) is 9.36. The number of hydrogen-bond donors (Lipinski definition) is 2. The lowest BCUT2D eigenvalue weighted by atomic mass is 10.0. The molecular formula is C27H32N8O2. The molecule has 1 saturated heterocycles. The van der Waals surface area contributed by atoms with Crippen LogP contribution in [0.3, 0.4) is 0 Å². The number of amides is 1. The molecule has 0 saturated carbocycles. The van der Waals surface area contributed by atoms with Gasteiger partial charge in [-0.25, -0.2) is 19.7 Å². The zero-order valence-corrected chi connectivity index (χ0v) is 21.4. The van der Waals surface area contributed by atoms with Crippen molar-refractivity contribution >= 4 is 23.1 Å². The fourth-order valence-electron chi connectivity index (χ4n) is 4.55. The number of nitrogens with one attached hydrogen (secondary N) is 2. The molecule has 10 nitrogen and oxygen atoms in total. The van der Waals surface area contributed by atoms with Crippen molar-refractivity contribution in [3.63, 3.8) is 0 Å². The molecule has 37 heavy (non-hydrogen) atoms. The van der Waals surface area contributed by atoms with Crippen LogP contribution in [0.15, 0.2) is 48.9 Å². The number of aromatic amines is 1. The van der Waals surface area contributed by atoms with E-state index < -0.39 is 6.09 Å². The number of benzene rings is 1. The van der Waals surface area contributed by atoms with Gasteiger partial charge in [0.2, 0.25) is 5.95 Å². The van der Waals surface area contributed by atoms with Gasteiger partial charge in [-0.3, -0.25) is 20.1 Å². The lowest BCUT2D eigenvalue weighted by molar-refractivity contribution is 0.102. The number of anilines is 1. The van der Waals surface area contributed by atoms with Gasteiger partial charge < -0.3 is 9.72 Å². The zero-order valence-electron chi connectivity index (χ0n) is 21.4. The number of carbonyl (C=O) groups excluding carboxylic acids is 1. The molecule has 5 rings (SSSR count). The summed E-state index contributed by atoms with van der Waals surface area (Å²) >= 11 is 0. The highest BCUT2D eigenvalue weighted by Gasteiger charge is 2.20. The van der Waals surface area contributed by atoms with Crippen molar-refractivity contribution < 1.29 is 9.53 Å². The monoisotopic (exact) mass is 500 g/mol. The van der Waals surface area contributed by atoms with Crippen molar-refractivity contribution in [2.45, 2.75) is 33.4 Å². The van der Waals surface area contributed by atoms with E-state index in [1.807, 2.05) is 42.7 Å². The van der Waals surface area contributed by atoms with Crippen molar-refractivity contribution in [2.24, 2.45) is 0 Å². The van der Waals surface area contributed by atoms with Gasteiger partial charge in [-0.15, -0.1) is 0 Å². The van der Waals surface area contributed by atoms with Crippen LogP contribution in [0.2, 0.25) is 0 Å². The maximum Gasteiger partial charge on any atom is 0.413 e. The number of aromatic nitrogens is 5. The third kappa shape index (κ3) is 5.76. The molecule has 1 fully saturated rings. The summed E-state index contributed by atoms with van der Waals surface area (Å²) in [5.74, 6) is 1.13. The van der Waals surface area contributed by atoms with Crippen molar-refractivity contribution in [1.82, 2.24) is 34.7 Å². The molecule has 0 radical (unpaired) electrons. The second kappa shape index (κ2) is 11.0. The maximum atomic E-state index is 11.9. The van der Waals surface area contributed by atoms with Gasteiger partial charge in [-0.05, 0) is 50.6 Å². The Morgan fingerprint density at radius 1 is 1.08 bits per heavy atom. The van der Waals surface area contributed by atoms with Crippen LogP contribution in [-0.2, 0) is 11.3 Å². The van der Waals surface area contributed by atoms with E-state index in [2.05, 4.69) is 53.9 Å². The molecule has 0 bridgehead atoms. The molecule has 1 amide bonds. The van der Waals surface area contributed by atoms with Gasteiger partial charge in [0, 0.05) is 61.9 Å². The first-order valence-corrected chi connectivity index (χ1v) is 12.7. The zero-order chi connectivity index (χ0) is 25.8. The number of piperazine rings is 1. The lowest BCUT2D eigenvalue weighted by Gasteiger charge is -2.36. The van der Waals surface area contributed by atoms with Gasteiger partial charge in [-0.2, -0.15) is 0 Å². The molecule has 0 atom stereocenters. The predicted molar refractivity (Wildman–Crippen MR) is 143 cm³/mol. The fourth-order valence-corrected chi connectivity index (χ4v) is 4.55. The Kier molecular flexibility index (Phi) is 7.38. The minimum absolute atomic E-state index is 0.277. The first-order chi connectivity index (χ1) is 18.0. The van der Waals surface area contributed by atoms with Crippen LogP contribution in [0, 0.1) is 0 Å². The van der Waals surface area contributed by atoms with Crippen molar-refractivity contribution in [3.8, 4) is 22.4 Å². The number of H-pyrrole nitrogens is 1. The average molecular weight is 501 g/mol. The summed E-state index contributed by atoms with van der Waals surface area (Å²) in [6.45, 7) is 11.5. The minimum atomic E-state index is -0.559. The quantitative estimate of drug-likeness (QED) is 0.389. The molecule has 4 heterocycles. The molecule has 1 aliphatic heterocycles. The smallest absolute Gasteiger partial charge is 0.413 e. The highest BCUT2D eigenvalue weighted by Crippen LogP contribution is 2.32. The van der Waals surface area contributed by atoms with Crippen molar-refractivity contribution in [3.05, 3.63) is 54.7 Å². The molecule has 4 aromatic rings. The highest BCUT2D eigenvalue weighted by atomic mass is 16.5. The Balaban J connectivity index is 1.40. The Hall–Kier alpha value is -3.89. The van der Waals surface area contributed by atoms with Gasteiger partial charge in [0.15, 0.2) is 0 Å². The maximum absolute atomic E-state index is 11.9. The van der Waals surface area contributed by atoms with Gasteiger partial charge in [0.05, 0.1) is 29.9 Å². The first kappa shape index (κ1) is 24.8. The predicted octanol–water partition coefficient (Wildman–Crippen LogP) is 4.18. The number of hydrogen-bond acceptors (Lipinski definition) is 8. The second-order valence-corrected chi connectivity index (χ2v) is 9.36. The number of imidazole rings is 1. The Labute approximate surface area is 216 Å². The highest BCUT2D eigenvalue weighted by molar-refractivity contribution is 5.97. The number of ether oxygens (including phenoxy) is 1. The van der Waals surface area contributed by atoms with Crippen LogP contribution in [0.5, 0.6) is 0 Å². The summed E-state index contributed by atoms with van der Waals surface area (Å²) in [5, 5.41) is 2.64.